The van der Waals surface area contributed by atoms with E-state index >= 15 is 0 Å². The summed E-state index contributed by atoms with van der Waals surface area (Å²) in [6.45, 7) is 5.19. The van der Waals surface area contributed by atoms with Crippen molar-refractivity contribution in [3.63, 3.8) is 0 Å². The molecule has 1 atom stereocenters. The van der Waals surface area contributed by atoms with Crippen LogP contribution in [-0.4, -0.2) is 36.0 Å². The van der Waals surface area contributed by atoms with Crippen molar-refractivity contribution in [2.45, 2.75) is 19.8 Å². The minimum absolute atomic E-state index is 0.0240. The molecule has 1 aromatic rings. The van der Waals surface area contributed by atoms with Crippen LogP contribution in [0.15, 0.2) is 43.0 Å². The van der Waals surface area contributed by atoms with E-state index in [1.165, 1.54) is 13.0 Å². The zero-order chi connectivity index (χ0) is 16.9. The average Bonchev–Trinajstić information content (AvgIpc) is 2.56. The van der Waals surface area contributed by atoms with Crippen LogP contribution < -0.4 is 4.74 Å². The Morgan fingerprint density at radius 2 is 2.04 bits per heavy atom. The Kier molecular flexibility index (Phi) is 5.16. The molecule has 1 aliphatic rings. The molecule has 1 heterocycles. The lowest BCUT2D eigenvalue weighted by Gasteiger charge is -2.35. The molecule has 122 valence electrons. The second-order valence-corrected chi connectivity index (χ2v) is 5.46. The lowest BCUT2D eigenvalue weighted by molar-refractivity contribution is -0.165. The van der Waals surface area contributed by atoms with E-state index in [2.05, 4.69) is 6.58 Å². The number of hydrogen-bond donors (Lipinski definition) is 0. The summed E-state index contributed by atoms with van der Waals surface area (Å²) in [5.74, 6) is -0.912. The van der Waals surface area contributed by atoms with E-state index in [4.69, 9.17) is 9.47 Å². The van der Waals surface area contributed by atoms with Gasteiger partial charge in [-0.05, 0) is 31.9 Å². The molecule has 0 aliphatic carbocycles. The number of carbonyl (C=O) groups is 3. The van der Waals surface area contributed by atoms with Crippen molar-refractivity contribution >= 4 is 18.0 Å². The van der Waals surface area contributed by atoms with E-state index in [1.54, 1.807) is 30.3 Å². The summed E-state index contributed by atoms with van der Waals surface area (Å²) in [6.07, 6.45) is 1.48. The van der Waals surface area contributed by atoms with Gasteiger partial charge in [-0.3, -0.25) is 9.59 Å². The number of benzene rings is 1. The van der Waals surface area contributed by atoms with E-state index in [9.17, 15) is 14.4 Å². The summed E-state index contributed by atoms with van der Waals surface area (Å²) in [7, 11) is 0. The Morgan fingerprint density at radius 1 is 1.35 bits per heavy atom. The number of likely N-dealkylation sites (tertiary alicyclic amines) is 1. The fraction of sp³-hybridized carbons (Fsp3) is 0.353. The Bertz CT molecular complexity index is 613. The Labute approximate surface area is 134 Å². The minimum Gasteiger partial charge on any atom is -0.461 e. The van der Waals surface area contributed by atoms with Gasteiger partial charge in [-0.25, -0.2) is 9.69 Å². The third kappa shape index (κ3) is 3.59. The number of amides is 2. The van der Waals surface area contributed by atoms with Crippen molar-refractivity contribution in [2.75, 3.05) is 13.2 Å². The number of ether oxygens (including phenoxy) is 2. The van der Waals surface area contributed by atoms with Crippen LogP contribution in [0, 0.1) is 5.41 Å². The van der Waals surface area contributed by atoms with E-state index in [-0.39, 0.29) is 13.2 Å². The SMILES string of the molecule is C=CCOC(=O)C1(C)CCCN(C(=O)Oc2ccccc2)C1=O. The zero-order valence-electron chi connectivity index (χ0n) is 13.0. The largest absolute Gasteiger partial charge is 0.461 e. The van der Waals surface area contributed by atoms with Crippen molar-refractivity contribution in [2.24, 2.45) is 5.41 Å². The topological polar surface area (TPSA) is 72.9 Å². The third-order valence-corrected chi connectivity index (χ3v) is 3.73. The average molecular weight is 317 g/mol. The second-order valence-electron chi connectivity index (χ2n) is 5.46. The molecule has 1 aliphatic heterocycles. The van der Waals surface area contributed by atoms with Crippen molar-refractivity contribution in [1.82, 2.24) is 4.90 Å². The summed E-state index contributed by atoms with van der Waals surface area (Å²) in [5, 5.41) is 0. The minimum atomic E-state index is -1.38. The molecule has 1 aromatic carbocycles. The molecule has 1 fully saturated rings. The molecule has 0 spiro atoms. The summed E-state index contributed by atoms with van der Waals surface area (Å²) >= 11 is 0. The molecule has 0 saturated carbocycles. The Hall–Kier alpha value is -2.63. The maximum absolute atomic E-state index is 12.6. The Balaban J connectivity index is 2.11. The quantitative estimate of drug-likeness (QED) is 0.485. The number of carbonyl (C=O) groups excluding carboxylic acids is 3. The van der Waals surface area contributed by atoms with Gasteiger partial charge in [0.25, 0.3) is 0 Å². The number of imide groups is 1. The predicted octanol–water partition coefficient (Wildman–Crippen LogP) is 2.54. The van der Waals surface area contributed by atoms with Crippen molar-refractivity contribution in [3.8, 4) is 5.75 Å². The molecule has 1 saturated heterocycles. The van der Waals surface area contributed by atoms with Crippen LogP contribution in [0.4, 0.5) is 4.79 Å². The van der Waals surface area contributed by atoms with E-state index in [1.807, 2.05) is 0 Å². The number of para-hydroxylation sites is 1. The van der Waals surface area contributed by atoms with Gasteiger partial charge < -0.3 is 9.47 Å². The molecular weight excluding hydrogens is 298 g/mol. The molecule has 0 radical (unpaired) electrons. The first-order valence-corrected chi connectivity index (χ1v) is 7.36. The smallest absolute Gasteiger partial charge is 0.422 e. The predicted molar refractivity (Wildman–Crippen MR) is 82.7 cm³/mol. The van der Waals surface area contributed by atoms with Crippen molar-refractivity contribution in [3.05, 3.63) is 43.0 Å². The van der Waals surface area contributed by atoms with Gasteiger partial charge in [0.05, 0.1) is 0 Å². The maximum atomic E-state index is 12.6. The molecule has 0 bridgehead atoms. The zero-order valence-corrected chi connectivity index (χ0v) is 13.0. The number of esters is 1. The molecule has 6 nitrogen and oxygen atoms in total. The number of piperidine rings is 1. The van der Waals surface area contributed by atoms with Gasteiger partial charge in [0.1, 0.15) is 17.8 Å². The van der Waals surface area contributed by atoms with Gasteiger partial charge in [-0.2, -0.15) is 0 Å². The normalized spacial score (nSPS) is 20.7. The standard InChI is InChI=1S/C17H19NO5/c1-3-12-22-15(20)17(2)10-7-11-18(14(17)19)16(21)23-13-8-5-4-6-9-13/h3-6,8-9H,1,7,10-12H2,2H3. The molecule has 0 aromatic heterocycles. The molecule has 6 heteroatoms. The summed E-state index contributed by atoms with van der Waals surface area (Å²) in [6, 6.07) is 8.46. The lowest BCUT2D eigenvalue weighted by atomic mass is 9.81. The van der Waals surface area contributed by atoms with Crippen molar-refractivity contribution in [1.29, 1.82) is 0 Å². The molecule has 2 amide bonds. The first-order chi connectivity index (χ1) is 11.0. The summed E-state index contributed by atoms with van der Waals surface area (Å²) in [5.41, 5.74) is -1.38. The first kappa shape index (κ1) is 16.7. The molecule has 2 rings (SSSR count). The van der Waals surface area contributed by atoms with E-state index < -0.39 is 23.4 Å². The highest BCUT2D eigenvalue weighted by atomic mass is 16.6. The number of nitrogens with zero attached hydrogens (tertiary/aromatic N) is 1. The van der Waals surface area contributed by atoms with Crippen LogP contribution in [0.2, 0.25) is 0 Å². The van der Waals surface area contributed by atoms with Gasteiger partial charge in [0.2, 0.25) is 5.91 Å². The maximum Gasteiger partial charge on any atom is 0.422 e. The number of hydrogen-bond acceptors (Lipinski definition) is 5. The first-order valence-electron chi connectivity index (χ1n) is 7.36. The van der Waals surface area contributed by atoms with Crippen LogP contribution in [0.1, 0.15) is 19.8 Å². The van der Waals surface area contributed by atoms with Crippen LogP contribution >= 0.6 is 0 Å². The monoisotopic (exact) mass is 317 g/mol. The van der Waals surface area contributed by atoms with Crippen molar-refractivity contribution < 1.29 is 23.9 Å². The van der Waals surface area contributed by atoms with Gasteiger partial charge in [0.15, 0.2) is 0 Å². The highest BCUT2D eigenvalue weighted by molar-refractivity contribution is 6.08. The summed E-state index contributed by atoms with van der Waals surface area (Å²) in [4.78, 5) is 37.9. The number of rotatable bonds is 4. The summed E-state index contributed by atoms with van der Waals surface area (Å²) < 4.78 is 10.2. The van der Waals surface area contributed by atoms with Crippen LogP contribution in [0.5, 0.6) is 5.75 Å². The van der Waals surface area contributed by atoms with Gasteiger partial charge in [0, 0.05) is 6.54 Å². The molecular formula is C17H19NO5. The van der Waals surface area contributed by atoms with Gasteiger partial charge >= 0.3 is 12.1 Å². The highest BCUT2D eigenvalue weighted by Gasteiger charge is 2.49. The fourth-order valence-electron chi connectivity index (χ4n) is 2.40. The molecule has 1 unspecified atom stereocenters. The van der Waals surface area contributed by atoms with E-state index in [0.717, 1.165) is 4.90 Å². The lowest BCUT2D eigenvalue weighted by Crippen LogP contribution is -2.54. The van der Waals surface area contributed by atoms with Gasteiger partial charge in [-0.15, -0.1) is 0 Å². The van der Waals surface area contributed by atoms with Gasteiger partial charge in [-0.1, -0.05) is 30.9 Å². The second kappa shape index (κ2) is 7.09. The molecule has 0 N–H and O–H groups in total. The highest BCUT2D eigenvalue weighted by Crippen LogP contribution is 2.32. The van der Waals surface area contributed by atoms with Crippen LogP contribution in [0.25, 0.3) is 0 Å². The van der Waals surface area contributed by atoms with E-state index in [0.29, 0.717) is 18.6 Å². The van der Waals surface area contributed by atoms with Crippen LogP contribution in [-0.2, 0) is 14.3 Å². The Morgan fingerprint density at radius 3 is 2.70 bits per heavy atom. The van der Waals surface area contributed by atoms with Crippen LogP contribution in [0.3, 0.4) is 0 Å². The molecule has 23 heavy (non-hydrogen) atoms. The fourth-order valence-corrected chi connectivity index (χ4v) is 2.40. The third-order valence-electron chi connectivity index (χ3n) is 3.73.